The molecule has 0 atom stereocenters. The van der Waals surface area contributed by atoms with Crippen LogP contribution in [0, 0.1) is 3.57 Å². The van der Waals surface area contributed by atoms with E-state index in [9.17, 15) is 4.79 Å². The monoisotopic (exact) mass is 429 g/mol. The molecule has 0 heterocycles. The third-order valence-corrected chi connectivity index (χ3v) is 4.19. The van der Waals surface area contributed by atoms with Gasteiger partial charge in [-0.15, -0.1) is 0 Å². The summed E-state index contributed by atoms with van der Waals surface area (Å²) in [6.07, 6.45) is 0. The van der Waals surface area contributed by atoms with Crippen molar-refractivity contribution in [1.29, 1.82) is 0 Å². The van der Waals surface area contributed by atoms with E-state index in [4.69, 9.17) is 4.74 Å². The van der Waals surface area contributed by atoms with Gasteiger partial charge in [0, 0.05) is 14.8 Å². The number of amides is 1. The summed E-state index contributed by atoms with van der Waals surface area (Å²) in [5.74, 6) is 0.499. The number of para-hydroxylation sites is 1. The first-order valence-corrected chi connectivity index (χ1v) is 8.63. The van der Waals surface area contributed by atoms with E-state index in [1.54, 1.807) is 0 Å². The van der Waals surface area contributed by atoms with Crippen LogP contribution in [0.1, 0.15) is 0 Å². The number of anilines is 1. The van der Waals surface area contributed by atoms with Gasteiger partial charge in [-0.1, -0.05) is 48.5 Å². The quantitative estimate of drug-likeness (QED) is 0.582. The van der Waals surface area contributed by atoms with E-state index in [0.717, 1.165) is 20.4 Å². The van der Waals surface area contributed by atoms with Gasteiger partial charge in [0.15, 0.2) is 6.61 Å². The minimum absolute atomic E-state index is 0.0241. The van der Waals surface area contributed by atoms with Crippen molar-refractivity contribution in [3.05, 3.63) is 82.4 Å². The van der Waals surface area contributed by atoms with Crippen LogP contribution in [-0.2, 0) is 4.79 Å². The predicted molar refractivity (Wildman–Crippen MR) is 105 cm³/mol. The molecule has 0 aliphatic rings. The number of carbonyl (C=O) groups is 1. The molecule has 0 aromatic heterocycles. The molecular formula is C20H16INO2. The Morgan fingerprint density at radius 2 is 1.54 bits per heavy atom. The van der Waals surface area contributed by atoms with Gasteiger partial charge in [-0.3, -0.25) is 4.79 Å². The maximum atomic E-state index is 12.2. The molecule has 24 heavy (non-hydrogen) atoms. The van der Waals surface area contributed by atoms with Crippen LogP contribution >= 0.6 is 22.6 Å². The summed E-state index contributed by atoms with van der Waals surface area (Å²) >= 11 is 2.23. The molecule has 120 valence electrons. The highest BCUT2D eigenvalue weighted by molar-refractivity contribution is 14.1. The lowest BCUT2D eigenvalue weighted by molar-refractivity contribution is -0.118. The summed E-state index contributed by atoms with van der Waals surface area (Å²) in [7, 11) is 0. The second-order valence-corrected chi connectivity index (χ2v) is 6.45. The molecule has 0 saturated carbocycles. The highest BCUT2D eigenvalue weighted by Gasteiger charge is 2.08. The standard InChI is InChI=1S/C20H16INO2/c21-16-10-12-17(13-11-16)24-14-20(23)22-19-9-5-4-8-18(19)15-6-2-1-3-7-15/h1-13H,14H2,(H,22,23). The van der Waals surface area contributed by atoms with Crippen LogP contribution in [0.3, 0.4) is 0 Å². The van der Waals surface area contributed by atoms with E-state index < -0.39 is 0 Å². The number of ether oxygens (including phenoxy) is 1. The van der Waals surface area contributed by atoms with E-state index in [0.29, 0.717) is 5.75 Å². The smallest absolute Gasteiger partial charge is 0.262 e. The second kappa shape index (κ2) is 7.97. The van der Waals surface area contributed by atoms with Gasteiger partial charge in [0.2, 0.25) is 0 Å². The number of benzene rings is 3. The average Bonchev–Trinajstić information content (AvgIpc) is 2.62. The molecule has 0 aliphatic heterocycles. The molecular weight excluding hydrogens is 413 g/mol. The topological polar surface area (TPSA) is 38.3 Å². The van der Waals surface area contributed by atoms with Crippen molar-refractivity contribution >= 4 is 34.2 Å². The van der Waals surface area contributed by atoms with Gasteiger partial charge in [0.1, 0.15) is 5.75 Å². The highest BCUT2D eigenvalue weighted by Crippen LogP contribution is 2.27. The maximum Gasteiger partial charge on any atom is 0.262 e. The Kier molecular flexibility index (Phi) is 5.48. The average molecular weight is 429 g/mol. The van der Waals surface area contributed by atoms with E-state index in [-0.39, 0.29) is 12.5 Å². The first-order chi connectivity index (χ1) is 11.7. The van der Waals surface area contributed by atoms with E-state index in [1.807, 2.05) is 78.9 Å². The number of halogens is 1. The summed E-state index contributed by atoms with van der Waals surface area (Å²) in [6.45, 7) is -0.0241. The van der Waals surface area contributed by atoms with Crippen molar-refractivity contribution in [3.8, 4) is 16.9 Å². The number of hydrogen-bond acceptors (Lipinski definition) is 2. The fourth-order valence-corrected chi connectivity index (χ4v) is 2.69. The molecule has 3 aromatic rings. The van der Waals surface area contributed by atoms with E-state index in [2.05, 4.69) is 27.9 Å². The Morgan fingerprint density at radius 3 is 2.29 bits per heavy atom. The molecule has 0 radical (unpaired) electrons. The Labute approximate surface area is 154 Å². The molecule has 3 aromatic carbocycles. The minimum atomic E-state index is -0.183. The zero-order valence-corrected chi connectivity index (χ0v) is 15.1. The molecule has 0 fully saturated rings. The van der Waals surface area contributed by atoms with Crippen molar-refractivity contribution in [1.82, 2.24) is 0 Å². The fourth-order valence-electron chi connectivity index (χ4n) is 2.33. The molecule has 1 N–H and O–H groups in total. The molecule has 0 aliphatic carbocycles. The Balaban J connectivity index is 1.67. The zero-order valence-electron chi connectivity index (χ0n) is 12.9. The summed E-state index contributed by atoms with van der Waals surface area (Å²) in [6, 6.07) is 25.3. The molecule has 3 rings (SSSR count). The second-order valence-electron chi connectivity index (χ2n) is 5.20. The van der Waals surface area contributed by atoms with Gasteiger partial charge in [-0.05, 0) is 58.5 Å². The molecule has 0 spiro atoms. The number of carbonyl (C=O) groups excluding carboxylic acids is 1. The third kappa shape index (κ3) is 4.35. The molecule has 4 heteroatoms. The summed E-state index contributed by atoms with van der Waals surface area (Å²) < 4.78 is 6.65. The Hall–Kier alpha value is -2.34. The lowest BCUT2D eigenvalue weighted by Gasteiger charge is -2.12. The number of nitrogens with one attached hydrogen (secondary N) is 1. The predicted octanol–water partition coefficient (Wildman–Crippen LogP) is 4.98. The van der Waals surface area contributed by atoms with Crippen LogP contribution in [0.25, 0.3) is 11.1 Å². The van der Waals surface area contributed by atoms with Crippen molar-refractivity contribution in [3.63, 3.8) is 0 Å². The largest absolute Gasteiger partial charge is 0.484 e. The maximum absolute atomic E-state index is 12.2. The molecule has 1 amide bonds. The van der Waals surface area contributed by atoms with Crippen LogP contribution in [0.5, 0.6) is 5.75 Å². The first kappa shape index (κ1) is 16.5. The summed E-state index contributed by atoms with van der Waals surface area (Å²) in [5, 5.41) is 2.93. The van der Waals surface area contributed by atoms with Crippen LogP contribution in [0.4, 0.5) is 5.69 Å². The Morgan fingerprint density at radius 1 is 0.875 bits per heavy atom. The zero-order chi connectivity index (χ0) is 16.8. The SMILES string of the molecule is O=C(COc1ccc(I)cc1)Nc1ccccc1-c1ccccc1. The van der Waals surface area contributed by atoms with Gasteiger partial charge >= 0.3 is 0 Å². The van der Waals surface area contributed by atoms with Crippen molar-refractivity contribution < 1.29 is 9.53 Å². The van der Waals surface area contributed by atoms with Crippen LogP contribution in [-0.4, -0.2) is 12.5 Å². The molecule has 0 saturated heterocycles. The highest BCUT2D eigenvalue weighted by atomic mass is 127. The summed E-state index contributed by atoms with van der Waals surface area (Å²) in [5.41, 5.74) is 2.83. The van der Waals surface area contributed by atoms with Gasteiger partial charge in [0.25, 0.3) is 5.91 Å². The minimum Gasteiger partial charge on any atom is -0.484 e. The van der Waals surface area contributed by atoms with Crippen LogP contribution in [0.15, 0.2) is 78.9 Å². The van der Waals surface area contributed by atoms with E-state index in [1.165, 1.54) is 0 Å². The van der Waals surface area contributed by atoms with Gasteiger partial charge in [-0.25, -0.2) is 0 Å². The van der Waals surface area contributed by atoms with E-state index >= 15 is 0 Å². The van der Waals surface area contributed by atoms with Gasteiger partial charge in [0.05, 0.1) is 0 Å². The Bertz CT molecular complexity index is 817. The normalized spacial score (nSPS) is 10.2. The van der Waals surface area contributed by atoms with Crippen molar-refractivity contribution in [2.24, 2.45) is 0 Å². The molecule has 0 unspecified atom stereocenters. The molecule has 0 bridgehead atoms. The summed E-state index contributed by atoms with van der Waals surface area (Å²) in [4.78, 5) is 12.2. The van der Waals surface area contributed by atoms with Crippen LogP contribution < -0.4 is 10.1 Å². The van der Waals surface area contributed by atoms with Gasteiger partial charge < -0.3 is 10.1 Å². The fraction of sp³-hybridized carbons (Fsp3) is 0.0500. The number of hydrogen-bond donors (Lipinski definition) is 1. The van der Waals surface area contributed by atoms with Gasteiger partial charge in [-0.2, -0.15) is 0 Å². The van der Waals surface area contributed by atoms with Crippen molar-refractivity contribution in [2.75, 3.05) is 11.9 Å². The van der Waals surface area contributed by atoms with Crippen LogP contribution in [0.2, 0.25) is 0 Å². The third-order valence-electron chi connectivity index (χ3n) is 3.47. The number of rotatable bonds is 5. The molecule has 3 nitrogen and oxygen atoms in total. The van der Waals surface area contributed by atoms with Crippen molar-refractivity contribution in [2.45, 2.75) is 0 Å². The lowest BCUT2D eigenvalue weighted by Crippen LogP contribution is -2.20. The lowest BCUT2D eigenvalue weighted by atomic mass is 10.0. The first-order valence-electron chi connectivity index (χ1n) is 7.55.